The van der Waals surface area contributed by atoms with Crippen molar-refractivity contribution in [3.63, 3.8) is 0 Å². The molecule has 0 aliphatic rings. The molecule has 0 aliphatic heterocycles. The van der Waals surface area contributed by atoms with Gasteiger partial charge in [0.05, 0.1) is 19.4 Å². The van der Waals surface area contributed by atoms with Crippen molar-refractivity contribution in [1.29, 1.82) is 0 Å². The largest absolute Gasteiger partial charge is 0.495 e. The zero-order valence-electron chi connectivity index (χ0n) is 15.6. The van der Waals surface area contributed by atoms with Crippen molar-refractivity contribution in [1.82, 2.24) is 14.5 Å². The molecule has 3 N–H and O–H groups in total. The number of ketones is 1. The first kappa shape index (κ1) is 19.4. The van der Waals surface area contributed by atoms with E-state index in [2.05, 4.69) is 10.5 Å². The minimum absolute atomic E-state index is 0.0301. The molecule has 8 nitrogen and oxygen atoms in total. The summed E-state index contributed by atoms with van der Waals surface area (Å²) in [6.45, 7) is 2.44. The molecule has 3 rings (SSSR count). The van der Waals surface area contributed by atoms with Crippen LogP contribution in [0.5, 0.6) is 11.5 Å². The average Bonchev–Trinajstić information content (AvgIpc) is 2.96. The highest BCUT2D eigenvalue weighted by Crippen LogP contribution is 2.24. The lowest BCUT2D eigenvalue weighted by Crippen LogP contribution is -2.15. The minimum atomic E-state index is -0.138. The van der Waals surface area contributed by atoms with Crippen LogP contribution in [-0.4, -0.2) is 34.0 Å². The molecule has 3 aromatic rings. The van der Waals surface area contributed by atoms with Gasteiger partial charge in [0, 0.05) is 5.56 Å². The number of nitrogens with zero attached hydrogens (tertiary/aromatic N) is 3. The number of benzene rings is 2. The molecular formula is C19H21N5O3S. The van der Waals surface area contributed by atoms with Crippen molar-refractivity contribution in [2.75, 3.05) is 24.9 Å². The Labute approximate surface area is 167 Å². The number of carbonyl (C=O) groups is 1. The Morgan fingerprint density at radius 3 is 2.61 bits per heavy atom. The zero-order valence-corrected chi connectivity index (χ0v) is 16.4. The molecule has 0 amide bonds. The fourth-order valence-corrected chi connectivity index (χ4v) is 2.87. The fourth-order valence-electron chi connectivity index (χ4n) is 2.62. The van der Waals surface area contributed by atoms with E-state index in [1.165, 1.54) is 9.36 Å². The second-order valence-electron chi connectivity index (χ2n) is 5.83. The maximum Gasteiger partial charge on any atom is 0.240 e. The van der Waals surface area contributed by atoms with Gasteiger partial charge in [-0.25, -0.2) is 4.68 Å². The zero-order chi connectivity index (χ0) is 20.1. The highest BCUT2D eigenvalue weighted by Gasteiger charge is 2.14. The number of anilines is 2. The molecule has 0 saturated carbocycles. The second kappa shape index (κ2) is 8.57. The third kappa shape index (κ3) is 4.15. The molecule has 0 aliphatic carbocycles. The molecule has 2 aromatic carbocycles. The molecule has 1 aromatic heterocycles. The predicted octanol–water partition coefficient (Wildman–Crippen LogP) is 3.16. The van der Waals surface area contributed by atoms with Crippen LogP contribution in [0.4, 0.5) is 11.6 Å². The molecule has 28 heavy (non-hydrogen) atoms. The first-order chi connectivity index (χ1) is 13.5. The molecule has 146 valence electrons. The van der Waals surface area contributed by atoms with E-state index in [1.807, 2.05) is 31.2 Å². The van der Waals surface area contributed by atoms with E-state index in [4.69, 9.17) is 27.4 Å². The van der Waals surface area contributed by atoms with E-state index in [1.54, 1.807) is 31.4 Å². The van der Waals surface area contributed by atoms with Gasteiger partial charge in [-0.1, -0.05) is 12.1 Å². The quantitative estimate of drug-likeness (QED) is 0.444. The van der Waals surface area contributed by atoms with Crippen molar-refractivity contribution in [3.05, 3.63) is 58.9 Å². The number of nitrogen functional groups attached to an aromatic ring is 1. The SMILES string of the molecule is CCOc1ccc(C(=O)Cn2nc(N)n(Nc3ccccc3OC)c2=S)cc1. The Bertz CT molecular complexity index is 1030. The number of ether oxygens (including phenoxy) is 2. The third-order valence-corrected chi connectivity index (χ3v) is 4.38. The first-order valence-corrected chi connectivity index (χ1v) is 9.05. The molecule has 0 atom stereocenters. The van der Waals surface area contributed by atoms with E-state index >= 15 is 0 Å². The highest BCUT2D eigenvalue weighted by molar-refractivity contribution is 7.71. The van der Waals surface area contributed by atoms with E-state index in [0.717, 1.165) is 0 Å². The number of para-hydroxylation sites is 2. The molecular weight excluding hydrogens is 378 g/mol. The topological polar surface area (TPSA) is 96.3 Å². The van der Waals surface area contributed by atoms with Crippen LogP contribution < -0.4 is 20.6 Å². The Morgan fingerprint density at radius 1 is 1.21 bits per heavy atom. The monoisotopic (exact) mass is 399 g/mol. The van der Waals surface area contributed by atoms with Crippen molar-refractivity contribution in [3.8, 4) is 11.5 Å². The number of nitrogens with one attached hydrogen (secondary N) is 1. The van der Waals surface area contributed by atoms with Crippen LogP contribution in [0.25, 0.3) is 0 Å². The van der Waals surface area contributed by atoms with Gasteiger partial charge in [-0.05, 0) is 55.5 Å². The number of hydrogen-bond donors (Lipinski definition) is 2. The Hall–Kier alpha value is -3.33. The highest BCUT2D eigenvalue weighted by atomic mass is 32.1. The number of hydrogen-bond acceptors (Lipinski definition) is 7. The van der Waals surface area contributed by atoms with Gasteiger partial charge >= 0.3 is 0 Å². The lowest BCUT2D eigenvalue weighted by Gasteiger charge is -2.11. The van der Waals surface area contributed by atoms with Crippen molar-refractivity contribution < 1.29 is 14.3 Å². The number of methoxy groups -OCH3 is 1. The molecule has 9 heteroatoms. The average molecular weight is 399 g/mol. The molecule has 1 heterocycles. The van der Waals surface area contributed by atoms with Gasteiger partial charge in [0.25, 0.3) is 0 Å². The van der Waals surface area contributed by atoms with Crippen LogP contribution in [0.1, 0.15) is 17.3 Å². The summed E-state index contributed by atoms with van der Waals surface area (Å²) in [6, 6.07) is 14.3. The van der Waals surface area contributed by atoms with Gasteiger partial charge in [-0.2, -0.15) is 4.68 Å². The van der Waals surface area contributed by atoms with Crippen LogP contribution >= 0.6 is 12.2 Å². The smallest absolute Gasteiger partial charge is 0.240 e. The number of nitrogens with two attached hydrogens (primary N) is 1. The van der Waals surface area contributed by atoms with Crippen LogP contribution in [0.15, 0.2) is 48.5 Å². The number of carbonyl (C=O) groups excluding carboxylic acids is 1. The molecule has 0 spiro atoms. The molecule has 0 unspecified atom stereocenters. The van der Waals surface area contributed by atoms with Gasteiger partial charge in [0.1, 0.15) is 18.0 Å². The van der Waals surface area contributed by atoms with E-state index < -0.39 is 0 Å². The van der Waals surface area contributed by atoms with Gasteiger partial charge in [-0.15, -0.1) is 5.10 Å². The van der Waals surface area contributed by atoms with Crippen LogP contribution in [0.3, 0.4) is 0 Å². The summed E-state index contributed by atoms with van der Waals surface area (Å²) in [6.07, 6.45) is 0. The predicted molar refractivity (Wildman–Crippen MR) is 109 cm³/mol. The molecule has 0 saturated heterocycles. The van der Waals surface area contributed by atoms with E-state index in [0.29, 0.717) is 29.4 Å². The number of rotatable bonds is 8. The number of aromatic nitrogens is 3. The van der Waals surface area contributed by atoms with Crippen molar-refractivity contribution in [2.45, 2.75) is 13.5 Å². The summed E-state index contributed by atoms with van der Waals surface area (Å²) < 4.78 is 13.8. The Morgan fingerprint density at radius 2 is 1.93 bits per heavy atom. The molecule has 0 bridgehead atoms. The summed E-state index contributed by atoms with van der Waals surface area (Å²) in [5, 5.41) is 4.18. The lowest BCUT2D eigenvalue weighted by molar-refractivity contribution is 0.0967. The summed E-state index contributed by atoms with van der Waals surface area (Å²) in [5.74, 6) is 1.34. The summed E-state index contributed by atoms with van der Waals surface area (Å²) >= 11 is 5.42. The second-order valence-corrected chi connectivity index (χ2v) is 6.19. The summed E-state index contributed by atoms with van der Waals surface area (Å²) in [5.41, 5.74) is 10.3. The van der Waals surface area contributed by atoms with Gasteiger partial charge in [0.15, 0.2) is 5.78 Å². The van der Waals surface area contributed by atoms with Crippen LogP contribution in [0.2, 0.25) is 0 Å². The molecule has 0 radical (unpaired) electrons. The van der Waals surface area contributed by atoms with Crippen LogP contribution in [-0.2, 0) is 6.54 Å². The van der Waals surface area contributed by atoms with E-state index in [-0.39, 0.29) is 23.0 Å². The van der Waals surface area contributed by atoms with Crippen molar-refractivity contribution >= 4 is 29.6 Å². The first-order valence-electron chi connectivity index (χ1n) is 8.65. The third-order valence-electron chi connectivity index (χ3n) is 3.98. The maximum absolute atomic E-state index is 12.6. The normalized spacial score (nSPS) is 10.5. The van der Waals surface area contributed by atoms with Gasteiger partial charge in [0.2, 0.25) is 10.7 Å². The lowest BCUT2D eigenvalue weighted by atomic mass is 10.1. The summed E-state index contributed by atoms with van der Waals surface area (Å²) in [7, 11) is 1.57. The molecule has 0 fully saturated rings. The minimum Gasteiger partial charge on any atom is -0.495 e. The van der Waals surface area contributed by atoms with Gasteiger partial charge < -0.3 is 15.2 Å². The van der Waals surface area contributed by atoms with Gasteiger partial charge in [-0.3, -0.25) is 10.2 Å². The number of Topliss-reactive ketones (excluding diaryl/α,β-unsaturated/α-hetero) is 1. The summed E-state index contributed by atoms with van der Waals surface area (Å²) in [4.78, 5) is 12.6. The maximum atomic E-state index is 12.6. The Kier molecular flexibility index (Phi) is 5.95. The Balaban J connectivity index is 1.79. The fraction of sp³-hybridized carbons (Fsp3) is 0.211. The van der Waals surface area contributed by atoms with E-state index in [9.17, 15) is 4.79 Å². The standard InChI is InChI=1S/C19H21N5O3S/c1-3-27-14-10-8-13(9-11-14)16(25)12-23-19(28)24(18(20)22-23)21-15-6-4-5-7-17(15)26-2/h4-11,21H,3,12H2,1-2H3,(H2,20,22). The van der Waals surface area contributed by atoms with Crippen LogP contribution in [0, 0.1) is 4.77 Å². The van der Waals surface area contributed by atoms with Crippen molar-refractivity contribution in [2.24, 2.45) is 0 Å².